The zero-order chi connectivity index (χ0) is 22.9. The van der Waals surface area contributed by atoms with Crippen molar-refractivity contribution in [2.45, 2.75) is 31.3 Å². The molecular formula is C27H26N3OS2+. The molecule has 33 heavy (non-hydrogen) atoms. The first kappa shape index (κ1) is 21.7. The average Bonchev–Trinajstić information content (AvgIpc) is 3.32. The fourth-order valence-corrected chi connectivity index (χ4v) is 6.62. The van der Waals surface area contributed by atoms with Gasteiger partial charge >= 0.3 is 0 Å². The predicted octanol–water partition coefficient (Wildman–Crippen LogP) is 3.96. The molecule has 4 aromatic rings. The van der Waals surface area contributed by atoms with E-state index in [1.54, 1.807) is 23.1 Å². The number of anilines is 1. The number of thioether (sulfide) groups is 1. The van der Waals surface area contributed by atoms with E-state index in [2.05, 4.69) is 78.1 Å². The Kier molecular flexibility index (Phi) is 5.96. The first-order valence-corrected chi connectivity index (χ1v) is 12.7. The van der Waals surface area contributed by atoms with E-state index in [1.807, 2.05) is 41.9 Å². The third-order valence-corrected chi connectivity index (χ3v) is 8.21. The molecule has 0 N–H and O–H groups in total. The van der Waals surface area contributed by atoms with Crippen LogP contribution < -0.4 is 24.2 Å². The van der Waals surface area contributed by atoms with Gasteiger partial charge in [0.1, 0.15) is 14.2 Å². The molecule has 3 heterocycles. The van der Waals surface area contributed by atoms with Gasteiger partial charge in [-0.15, -0.1) is 11.3 Å². The van der Waals surface area contributed by atoms with Gasteiger partial charge in [0.05, 0.1) is 5.69 Å². The van der Waals surface area contributed by atoms with E-state index in [-0.39, 0.29) is 11.6 Å². The molecule has 1 aliphatic heterocycles. The van der Waals surface area contributed by atoms with Gasteiger partial charge in [-0.05, 0) is 32.0 Å². The SMILES string of the molecule is CC(C)n1c(=Cc2cccc[n+]2Cc2ccccc2)sc(=C2Sc3ccccc3N2C)c1=O. The molecule has 0 saturated heterocycles. The fraction of sp³-hybridized carbons (Fsp3) is 0.185. The quantitative estimate of drug-likeness (QED) is 0.421. The lowest BCUT2D eigenvalue weighted by Gasteiger charge is -2.12. The first-order valence-electron chi connectivity index (χ1n) is 11.0. The van der Waals surface area contributed by atoms with Crippen LogP contribution in [0.5, 0.6) is 0 Å². The number of thiazole rings is 1. The highest BCUT2D eigenvalue weighted by atomic mass is 32.2. The zero-order valence-corrected chi connectivity index (χ0v) is 20.6. The molecule has 0 fully saturated rings. The second kappa shape index (κ2) is 9.04. The Hall–Kier alpha value is -3.09. The van der Waals surface area contributed by atoms with Gasteiger partial charge in [0.25, 0.3) is 5.56 Å². The minimum Gasteiger partial charge on any atom is -0.337 e. The number of nitrogens with zero attached hydrogens (tertiary/aromatic N) is 3. The lowest BCUT2D eigenvalue weighted by Crippen LogP contribution is -2.38. The van der Waals surface area contributed by atoms with Crippen molar-refractivity contribution in [1.29, 1.82) is 0 Å². The lowest BCUT2D eigenvalue weighted by molar-refractivity contribution is -0.690. The molecule has 0 amide bonds. The Morgan fingerprint density at radius 2 is 1.70 bits per heavy atom. The van der Waals surface area contributed by atoms with Crippen LogP contribution in [0.3, 0.4) is 0 Å². The summed E-state index contributed by atoms with van der Waals surface area (Å²) in [7, 11) is 2.04. The van der Waals surface area contributed by atoms with Crippen LogP contribution in [0.25, 0.3) is 11.1 Å². The maximum Gasteiger partial charge on any atom is 0.271 e. The van der Waals surface area contributed by atoms with Gasteiger partial charge in [0.15, 0.2) is 12.7 Å². The van der Waals surface area contributed by atoms with Crippen LogP contribution in [0.15, 0.2) is 88.7 Å². The minimum absolute atomic E-state index is 0.0692. The summed E-state index contributed by atoms with van der Waals surface area (Å²) in [6, 6.07) is 25.0. The second-order valence-electron chi connectivity index (χ2n) is 8.36. The molecule has 2 aromatic carbocycles. The van der Waals surface area contributed by atoms with Crippen molar-refractivity contribution in [2.75, 3.05) is 11.9 Å². The van der Waals surface area contributed by atoms with Crippen molar-refractivity contribution in [1.82, 2.24) is 4.57 Å². The van der Waals surface area contributed by atoms with Crippen molar-refractivity contribution in [2.24, 2.45) is 0 Å². The van der Waals surface area contributed by atoms with E-state index < -0.39 is 0 Å². The second-order valence-corrected chi connectivity index (χ2v) is 10.4. The molecule has 0 saturated carbocycles. The summed E-state index contributed by atoms with van der Waals surface area (Å²) in [5.74, 6) is 0. The van der Waals surface area contributed by atoms with Crippen molar-refractivity contribution in [3.8, 4) is 0 Å². The lowest BCUT2D eigenvalue weighted by atomic mass is 10.2. The Morgan fingerprint density at radius 3 is 2.45 bits per heavy atom. The minimum atomic E-state index is 0.0692. The summed E-state index contributed by atoms with van der Waals surface area (Å²) >= 11 is 3.26. The third kappa shape index (κ3) is 4.16. The highest BCUT2D eigenvalue weighted by Gasteiger charge is 2.24. The number of pyridine rings is 1. The number of hydrogen-bond donors (Lipinski definition) is 0. The molecule has 5 rings (SSSR count). The zero-order valence-electron chi connectivity index (χ0n) is 18.9. The summed E-state index contributed by atoms with van der Waals surface area (Å²) in [6.45, 7) is 4.93. The van der Waals surface area contributed by atoms with Gasteiger partial charge in [0, 0.05) is 41.8 Å². The summed E-state index contributed by atoms with van der Waals surface area (Å²) < 4.78 is 5.91. The molecule has 0 radical (unpaired) electrons. The molecule has 6 heteroatoms. The van der Waals surface area contributed by atoms with Crippen LogP contribution >= 0.6 is 23.1 Å². The van der Waals surface area contributed by atoms with Crippen molar-refractivity contribution >= 4 is 39.9 Å². The first-order chi connectivity index (χ1) is 16.0. The number of benzene rings is 2. The largest absolute Gasteiger partial charge is 0.337 e. The molecular weight excluding hydrogens is 446 g/mol. The van der Waals surface area contributed by atoms with Crippen molar-refractivity contribution < 1.29 is 4.57 Å². The Labute approximate surface area is 201 Å². The number of rotatable bonds is 4. The molecule has 1 aliphatic rings. The summed E-state index contributed by atoms with van der Waals surface area (Å²) in [5.41, 5.74) is 3.54. The third-order valence-electron chi connectivity index (χ3n) is 5.75. The Balaban J connectivity index is 1.67. The Bertz CT molecular complexity index is 1490. The molecule has 4 nitrogen and oxygen atoms in total. The van der Waals surface area contributed by atoms with E-state index >= 15 is 0 Å². The van der Waals surface area contributed by atoms with Gasteiger partial charge in [-0.25, -0.2) is 0 Å². The normalized spacial score (nSPS) is 15.4. The Morgan fingerprint density at radius 1 is 0.970 bits per heavy atom. The predicted molar refractivity (Wildman–Crippen MR) is 138 cm³/mol. The van der Waals surface area contributed by atoms with E-state index in [4.69, 9.17) is 0 Å². The van der Waals surface area contributed by atoms with Crippen molar-refractivity contribution in [3.05, 3.63) is 110 Å². The van der Waals surface area contributed by atoms with Gasteiger partial charge in [0.2, 0.25) is 5.69 Å². The van der Waals surface area contributed by atoms with E-state index in [0.29, 0.717) is 0 Å². The van der Waals surface area contributed by atoms with Crippen LogP contribution in [0.4, 0.5) is 5.69 Å². The highest BCUT2D eigenvalue weighted by Crippen LogP contribution is 2.44. The van der Waals surface area contributed by atoms with Gasteiger partial charge in [-0.2, -0.15) is 4.57 Å². The van der Waals surface area contributed by atoms with Gasteiger partial charge in [-0.3, -0.25) is 9.36 Å². The molecule has 0 spiro atoms. The van der Waals surface area contributed by atoms with Gasteiger partial charge < -0.3 is 4.90 Å². The maximum atomic E-state index is 13.6. The van der Waals surface area contributed by atoms with Crippen LogP contribution in [0, 0.1) is 0 Å². The smallest absolute Gasteiger partial charge is 0.271 e. The molecule has 0 bridgehead atoms. The number of hydrogen-bond acceptors (Lipinski definition) is 4. The highest BCUT2D eigenvalue weighted by molar-refractivity contribution is 8.08. The number of aromatic nitrogens is 2. The van der Waals surface area contributed by atoms with E-state index in [0.717, 1.165) is 32.2 Å². The molecule has 0 unspecified atom stereocenters. The van der Waals surface area contributed by atoms with Crippen LogP contribution in [-0.4, -0.2) is 11.6 Å². The van der Waals surface area contributed by atoms with Crippen LogP contribution in [-0.2, 0) is 6.54 Å². The van der Waals surface area contributed by atoms with E-state index in [1.165, 1.54) is 10.5 Å². The number of fused-ring (bicyclic) bond motifs is 1. The molecule has 2 aromatic heterocycles. The summed E-state index contributed by atoms with van der Waals surface area (Å²) in [5, 5.41) is 1.01. The molecule has 0 atom stereocenters. The standard InChI is InChI=1S/C27H26N3OS2/c1-19(2)30-24(17-21-13-9-10-16-29(21)18-20-11-5-4-6-12-20)33-25(26(30)31)27-28(3)22-14-7-8-15-23(22)32-27/h4-17,19H,18H2,1-3H3/q+1. The average molecular weight is 473 g/mol. The monoisotopic (exact) mass is 472 g/mol. The van der Waals surface area contributed by atoms with Crippen LogP contribution in [0.1, 0.15) is 31.1 Å². The summed E-state index contributed by atoms with van der Waals surface area (Å²) in [4.78, 5) is 16.9. The maximum absolute atomic E-state index is 13.6. The van der Waals surface area contributed by atoms with Crippen LogP contribution in [0.2, 0.25) is 0 Å². The fourth-order valence-electron chi connectivity index (χ4n) is 4.10. The number of para-hydroxylation sites is 1. The summed E-state index contributed by atoms with van der Waals surface area (Å²) in [6.07, 6.45) is 4.24. The topological polar surface area (TPSA) is 29.1 Å². The molecule has 166 valence electrons. The van der Waals surface area contributed by atoms with Crippen molar-refractivity contribution in [3.63, 3.8) is 0 Å². The van der Waals surface area contributed by atoms with Gasteiger partial charge in [-0.1, -0.05) is 54.2 Å². The molecule has 0 aliphatic carbocycles. The van der Waals surface area contributed by atoms with E-state index in [9.17, 15) is 4.79 Å².